The van der Waals surface area contributed by atoms with Crippen molar-refractivity contribution in [1.82, 2.24) is 274 Å². The molecular formula is C3H288F32N45P55. The molecule has 0 aliphatic heterocycles. The Morgan fingerprint density at radius 1 is 0.185 bits per heavy atom. The van der Waals surface area contributed by atoms with Gasteiger partial charge in [0, 0.05) is 30.0 Å². The quantitative estimate of drug-likeness (QED) is 0.0608. The first-order valence-corrected chi connectivity index (χ1v) is 10.9. The van der Waals surface area contributed by atoms with Gasteiger partial charge in [-0.3, -0.25) is 0 Å². The van der Waals surface area contributed by atoms with Crippen LogP contribution in [-0.2, 0) is 0 Å². The van der Waals surface area contributed by atoms with E-state index in [2.05, 4.69) is 0 Å². The van der Waals surface area contributed by atoms with E-state index in [9.17, 15) is 121 Å². The average molecular weight is 3400 g/mol. The van der Waals surface area contributed by atoms with Crippen LogP contribution in [0, 0.1) is 0 Å². The molecule has 0 saturated carbocycles. The van der Waals surface area contributed by atoms with Crippen molar-refractivity contribution < 1.29 is 187 Å². The summed E-state index contributed by atoms with van der Waals surface area (Å²) in [5.41, 5.74) is -7.50. The standard InChI is InChI=1S/3CH4.3F3N.5F3P.F2HN.F2HP.2F2.41H3N.49H3P.2H2/c;;;8*1-4(2)3;2*1-3-2;2*1-2;;;;;;;;;;;;;;;;;;;;;;;;;;;;;;;;;;;;;;;;;;;;;;;;;;;;;;;;;;;;;;;;;;;;;;;;;;;;;;;;;;;;;;;;;;;;/h3*1H4;;;;;;;;;2*3H;;;90*1H3;2*1H/i;;;;;;;;;;;;;;;;;;;;;;;;;;;;;;;;;;;;;;;;;;;;;;;;;;;;;;;;11*1T3;1T;;;;;;;;;;;;;;;;;;;;;;;;;;;;;;;;;;;;;;2*1+2T/hT30. The normalized spacial score (nSPS) is 8.73. The van der Waals surface area contributed by atoms with E-state index in [0.717, 1.165) is 0 Å². The minimum absolute atomic E-state index is 0. The second-order valence-electron chi connectivity index (χ2n) is 1.68. The third kappa shape index (κ3) is 9180. The van der Waals surface area contributed by atoms with E-state index < -0.39 is 177 Å². The van der Waals surface area contributed by atoms with Crippen molar-refractivity contribution in [3.63, 3.8) is 0 Å². The number of halogens is 32. The molecule has 0 spiro atoms. The molecular weight excluding hydrogens is 2980 g/mol. The average Bonchev–Trinajstić information content (AvgIpc) is 1.77. The zero-order valence-electron chi connectivity index (χ0n) is 143. The summed E-state index contributed by atoms with van der Waals surface area (Å²) in [6.07, 6.45) is -2.50. The molecule has 0 aromatic rings. The van der Waals surface area contributed by atoms with Crippen LogP contribution >= 0.6 is 537 Å². The van der Waals surface area contributed by atoms with Crippen LogP contribution in [-0.4, -0.2) is 60.2 Å². The Morgan fingerprint density at radius 3 is 0.185 bits per heavy atom. The third-order valence-corrected chi connectivity index (χ3v) is 0. The Bertz CT molecular complexity index is 1000. The lowest BCUT2D eigenvalue weighted by molar-refractivity contribution is -0.296. The largest absolute Gasteiger partial charge is 0.456 e. The monoisotopic (exact) mass is 3400 g/mol. The highest BCUT2D eigenvalue weighted by Gasteiger charge is 1.93. The van der Waals surface area contributed by atoms with Gasteiger partial charge in [0.05, 0.1) is 43.5 Å². The van der Waals surface area contributed by atoms with E-state index in [4.69, 9.17) is 110 Å². The lowest BCUT2D eigenvalue weighted by Crippen LogP contribution is -1.72. The second-order valence-corrected chi connectivity index (χ2v) is 3.74. The minimum Gasteiger partial charge on any atom is -0.344 e. The van der Waals surface area contributed by atoms with E-state index in [1.807, 2.05) is 0 Å². The van der Waals surface area contributed by atoms with Crippen LogP contribution in [0.1, 0.15) is 28.2 Å². The van der Waals surface area contributed by atoms with Crippen LogP contribution in [0.4, 0.5) is 139 Å². The van der Waals surface area contributed by atoms with Crippen molar-refractivity contribution in [3.8, 4) is 0 Å². The third-order valence-electron chi connectivity index (χ3n) is 0. The molecule has 0 rings (SSSR count). The number of hydrogen-bond donors (Lipinski definition) is 42. The molecule has 0 saturated heterocycles. The predicted molar refractivity (Wildman–Crippen MR) is 861 cm³/mol. The summed E-state index contributed by atoms with van der Waals surface area (Å²) in [5, 5.41) is 0. The molecule has 0 aromatic heterocycles. The zero-order valence-corrected chi connectivity index (χ0v) is 144. The molecule has 0 aliphatic rings. The molecule has 0 bridgehead atoms. The Kier molecular flexibility index (Phi) is 3480. The fourth-order valence-corrected chi connectivity index (χ4v) is 0. The molecule has 124 N–H and O–H groups in total. The molecule has 0 amide bonds. The van der Waals surface area contributed by atoms with Crippen LogP contribution < -0.4 is 258 Å². The van der Waals surface area contributed by atoms with E-state index in [-0.39, 0.29) is 646 Å². The summed E-state index contributed by atoms with van der Waals surface area (Å²) < 4.78 is 697. The first kappa shape index (κ1) is 273. The van der Waals surface area contributed by atoms with Gasteiger partial charge in [0.1, 0.15) is 42.4 Å². The van der Waals surface area contributed by atoms with Gasteiger partial charge in [-0.1, -0.05) is 62.6 Å². The van der Waals surface area contributed by atoms with Crippen molar-refractivity contribution in [2.24, 2.45) is 0 Å². The fraction of sp³-hybridized carbons (Fsp3) is 1.00. The molecule has 45 nitrogen and oxygen atoms in total. The van der Waals surface area contributed by atoms with E-state index >= 15 is 0 Å². The summed E-state index contributed by atoms with van der Waals surface area (Å²) in [7, 11) is -41.4. The lowest BCUT2D eigenvalue weighted by Gasteiger charge is -1.67. The summed E-state index contributed by atoms with van der Waals surface area (Å²) in [4.78, 5) is 0. The maximum absolute atomic E-state index is 9.73. The Balaban J connectivity index is -0.00000000441. The summed E-state index contributed by atoms with van der Waals surface area (Å²) in [5.74, 6) is -0.250. The summed E-state index contributed by atoms with van der Waals surface area (Å²) >= 11 is 0. The number of rotatable bonds is 0. The first-order chi connectivity index (χ1) is 58.1. The molecule has 0 fully saturated rings. The smallest absolute Gasteiger partial charge is 0.344 e. The molecule has 0 radical (unpaired) electrons. The maximum atomic E-state index is 9.73. The zero-order chi connectivity index (χ0) is 119. The highest BCUT2D eigenvalue weighted by Crippen LogP contribution is 2.40. The Labute approximate surface area is 1060 Å². The Morgan fingerprint density at radius 2 is 0.185 bits per heavy atom. The van der Waals surface area contributed by atoms with E-state index in [0.29, 0.717) is 0 Å². The van der Waals surface area contributed by atoms with Crippen molar-refractivity contribution in [1.29, 1.82) is 43.5 Å². The van der Waals surface area contributed by atoms with Gasteiger partial charge in [0.15, 0.2) is 16.7 Å². The van der Waals surface area contributed by atoms with Crippen molar-refractivity contribution in [2.45, 2.75) is 22.3 Å². The molecule has 38 atom stereocenters. The van der Waals surface area contributed by atoms with Gasteiger partial charge in [-0.05, 0) is 0 Å². The number of nitrogens with zero attached hydrogens (tertiary/aromatic N) is 3. The van der Waals surface area contributed by atoms with Crippen LogP contribution in [0.25, 0.3) is 0 Å². The molecule has 132 heteroatoms. The van der Waals surface area contributed by atoms with Crippen molar-refractivity contribution >= 4 is 537 Å². The van der Waals surface area contributed by atoms with Gasteiger partial charge in [0.2, 0.25) is 0 Å². The van der Waals surface area contributed by atoms with Gasteiger partial charge in [-0.25, -0.2) is 0 Å². The molecule has 1024 valence electrons. The van der Waals surface area contributed by atoms with Gasteiger partial charge in [-0.15, -0.1) is 8.96 Å². The van der Waals surface area contributed by atoms with Crippen LogP contribution in [0.15, 0.2) is 0 Å². The molecule has 0 aliphatic carbocycles. The van der Waals surface area contributed by atoms with E-state index in [1.54, 1.807) is 9.84 Å². The van der Waals surface area contributed by atoms with Gasteiger partial charge in [0.25, 0.3) is 9.20 Å². The number of hydrogen-bond acceptors (Lipinski definition) is 45. The maximum Gasteiger partial charge on any atom is 0.456 e. The molecule has 38 unspecified atom stereocenters. The molecule has 0 aromatic carbocycles. The van der Waals surface area contributed by atoms with Crippen LogP contribution in [0.5, 0.6) is 0 Å². The summed E-state index contributed by atoms with van der Waals surface area (Å²) in [6, 6.07) is 0. The fourth-order valence-electron chi connectivity index (χ4n) is 0. The first-order valence-electron chi connectivity index (χ1n) is 35.9. The van der Waals surface area contributed by atoms with Crippen LogP contribution in [0.2, 0.25) is 42.4 Å². The topological polar surface area (TPSA) is 1460 Å². The predicted octanol–water partition coefficient (Wildman–Crippen LogP) is 28.8. The van der Waals surface area contributed by atoms with Crippen molar-refractivity contribution in [2.75, 3.05) is 0 Å². The van der Waals surface area contributed by atoms with E-state index in [1.165, 1.54) is 0 Å². The highest BCUT2D eigenvalue weighted by atomic mass is 31.2. The highest BCUT2D eigenvalue weighted by molar-refractivity contribution is 7.41. The Hall–Kier alpha value is 19.6. The summed E-state index contributed by atoms with van der Waals surface area (Å²) in [6.45, 7) is 0. The molecule has 135 heavy (non-hydrogen) atoms. The van der Waals surface area contributed by atoms with Gasteiger partial charge < -0.3 is 252 Å². The van der Waals surface area contributed by atoms with Crippen molar-refractivity contribution in [3.05, 3.63) is 0 Å². The van der Waals surface area contributed by atoms with Gasteiger partial charge in [-0.2, -0.15) is 555 Å². The lowest BCUT2D eigenvalue weighted by atomic mass is 12.0. The number of nitrogens with one attached hydrogen (secondary N) is 1. The van der Waals surface area contributed by atoms with Crippen LogP contribution in [0.3, 0.4) is 0 Å². The SMILES string of the molecule is C.C.C.FF.FF.FN(F)F.FN(F)F.FN(F)F.FNF.FP(F)F.FP(F)F.FP(F)F.FP(F)F.FP(F)F.FPF.N.N.N.N.N.N.N.N.N.N.N.N.N.N.N.N.N.N.N.N.N.N.N.N.N.N.N.N.N.N.N.P.P.P.P.P.P.P.P.P.P.P.P.P.P.P.P.P.P.P.P.P.P.P.P.P.P.P.P.P.P.P.P.P.P.P.P.P.[3H]N([3H])[3H].[3H]N([3H])[3H].[3H]N([3H])[3H].[3H]N([3H])[3H].[3H]N([3H])[3H].[3H]N([3H])[3H].[3H]N([3H])[3H].[3H]N([3H])[3H].[3H]N([3H])[3H].[3H]N([3H])[3H].[3H]P.[3H]P([3H])[3H].[3H]P([3H])[3H].[3H]P([3H])[3H].[3H]P([3H])[3H].[3H]P([3H])[3H].[3H]P([3H])[3H].[3H]P([3H])[3H].[3H]P([3H])[3H].[3H]P([3H])[3H].[3H]P([3H])[3H].[3H]P([3H])[3H].[3H][3H].[3H][3H]. The molecule has 0 heterocycles. The second kappa shape index (κ2) is 1720. The minimum atomic E-state index is -4.12. The van der Waals surface area contributed by atoms with Gasteiger partial charge >= 0.3 is 44.3 Å².